The first-order valence-corrected chi connectivity index (χ1v) is 8.68. The van der Waals surface area contributed by atoms with E-state index >= 15 is 0 Å². The number of amides is 2. The number of likely N-dealkylation sites (tertiary alicyclic amines) is 1. The minimum Gasteiger partial charge on any atom is -0.445 e. The molecule has 136 valence electrons. The molecule has 0 aliphatic carbocycles. The zero-order chi connectivity index (χ0) is 17.5. The average Bonchev–Trinajstić information content (AvgIpc) is 3.20. The number of piperidine rings is 1. The number of carbonyl (C=O) groups excluding carboxylic acids is 2. The Kier molecular flexibility index (Phi) is 6.25. The summed E-state index contributed by atoms with van der Waals surface area (Å²) in [6, 6.07) is 9.41. The predicted octanol–water partition coefficient (Wildman–Crippen LogP) is 1.52. The van der Waals surface area contributed by atoms with Gasteiger partial charge in [0, 0.05) is 19.0 Å². The first kappa shape index (κ1) is 17.7. The van der Waals surface area contributed by atoms with Crippen LogP contribution >= 0.6 is 0 Å². The van der Waals surface area contributed by atoms with Crippen molar-refractivity contribution in [3.8, 4) is 0 Å². The summed E-state index contributed by atoms with van der Waals surface area (Å²) in [7, 11) is 0. The molecule has 3 rings (SSSR count). The Morgan fingerprint density at radius 2 is 1.80 bits per heavy atom. The highest BCUT2D eigenvalue weighted by Crippen LogP contribution is 2.25. The highest BCUT2D eigenvalue weighted by Gasteiger charge is 2.31. The lowest BCUT2D eigenvalue weighted by Crippen LogP contribution is -2.45. The highest BCUT2D eigenvalue weighted by atomic mass is 16.7. The Balaban J connectivity index is 1.33. The van der Waals surface area contributed by atoms with Crippen LogP contribution in [0.5, 0.6) is 0 Å². The number of ether oxygens (including phenoxy) is 3. The lowest BCUT2D eigenvalue weighted by Gasteiger charge is -2.33. The predicted molar refractivity (Wildman–Crippen MR) is 89.6 cm³/mol. The second-order valence-corrected chi connectivity index (χ2v) is 6.24. The van der Waals surface area contributed by atoms with Crippen LogP contribution in [0.4, 0.5) is 4.79 Å². The van der Waals surface area contributed by atoms with E-state index in [4.69, 9.17) is 14.2 Å². The molecule has 25 heavy (non-hydrogen) atoms. The van der Waals surface area contributed by atoms with E-state index < -0.39 is 6.09 Å². The van der Waals surface area contributed by atoms with Crippen LogP contribution < -0.4 is 5.32 Å². The third-order valence-electron chi connectivity index (χ3n) is 4.52. The molecule has 2 aliphatic rings. The van der Waals surface area contributed by atoms with Crippen molar-refractivity contribution < 1.29 is 23.8 Å². The minimum atomic E-state index is -0.583. The van der Waals surface area contributed by atoms with Crippen LogP contribution in [0.25, 0.3) is 0 Å². The van der Waals surface area contributed by atoms with Crippen molar-refractivity contribution in [1.29, 1.82) is 0 Å². The van der Waals surface area contributed by atoms with Crippen molar-refractivity contribution in [3.05, 3.63) is 35.9 Å². The Morgan fingerprint density at radius 1 is 1.12 bits per heavy atom. The number of rotatable bonds is 5. The lowest BCUT2D eigenvalue weighted by molar-refractivity contribution is -0.135. The molecule has 2 fully saturated rings. The molecule has 0 unspecified atom stereocenters. The summed E-state index contributed by atoms with van der Waals surface area (Å²) in [5.74, 6) is 0.249. The third kappa shape index (κ3) is 5.17. The molecule has 7 heteroatoms. The molecule has 2 saturated heterocycles. The molecule has 0 bridgehead atoms. The first-order valence-electron chi connectivity index (χ1n) is 8.68. The third-order valence-corrected chi connectivity index (χ3v) is 4.52. The van der Waals surface area contributed by atoms with Gasteiger partial charge in [0.15, 0.2) is 6.29 Å². The van der Waals surface area contributed by atoms with Crippen LogP contribution in [-0.4, -0.2) is 56.0 Å². The van der Waals surface area contributed by atoms with Gasteiger partial charge in [-0.2, -0.15) is 0 Å². The molecule has 2 heterocycles. The van der Waals surface area contributed by atoms with E-state index in [0.29, 0.717) is 32.2 Å². The van der Waals surface area contributed by atoms with Gasteiger partial charge < -0.3 is 24.4 Å². The summed E-state index contributed by atoms with van der Waals surface area (Å²) < 4.78 is 16.2. The number of alkyl carbamates (subject to hydrolysis) is 1. The lowest BCUT2D eigenvalue weighted by atomic mass is 9.96. The zero-order valence-electron chi connectivity index (χ0n) is 14.2. The molecule has 0 spiro atoms. The molecule has 2 aliphatic heterocycles. The maximum absolute atomic E-state index is 12.2. The molecule has 0 aromatic heterocycles. The van der Waals surface area contributed by atoms with Gasteiger partial charge in [0.25, 0.3) is 0 Å². The van der Waals surface area contributed by atoms with Gasteiger partial charge in [0.05, 0.1) is 13.2 Å². The summed E-state index contributed by atoms with van der Waals surface area (Å²) in [6.45, 7) is 2.76. The van der Waals surface area contributed by atoms with Crippen LogP contribution in [0.15, 0.2) is 30.3 Å². The SMILES string of the molecule is O=C(NCC(=O)N1CCC(C2OCCO2)CC1)OCc1ccccc1. The van der Waals surface area contributed by atoms with E-state index in [1.54, 1.807) is 4.90 Å². The second kappa shape index (κ2) is 8.82. The fourth-order valence-corrected chi connectivity index (χ4v) is 3.10. The number of nitrogens with zero attached hydrogens (tertiary/aromatic N) is 1. The average molecular weight is 348 g/mol. The Labute approximate surface area is 147 Å². The first-order chi connectivity index (χ1) is 12.2. The van der Waals surface area contributed by atoms with Gasteiger partial charge in [-0.3, -0.25) is 4.79 Å². The van der Waals surface area contributed by atoms with Crippen molar-refractivity contribution in [1.82, 2.24) is 10.2 Å². The molecule has 0 radical (unpaired) electrons. The summed E-state index contributed by atoms with van der Waals surface area (Å²) in [6.07, 6.45) is 1.01. The molecular weight excluding hydrogens is 324 g/mol. The summed E-state index contributed by atoms with van der Waals surface area (Å²) in [5.41, 5.74) is 0.905. The van der Waals surface area contributed by atoms with E-state index in [0.717, 1.165) is 18.4 Å². The molecule has 1 aromatic carbocycles. The maximum atomic E-state index is 12.2. The largest absolute Gasteiger partial charge is 0.445 e. The Morgan fingerprint density at radius 3 is 2.48 bits per heavy atom. The normalized spacial score (nSPS) is 19.0. The van der Waals surface area contributed by atoms with Gasteiger partial charge in [-0.05, 0) is 18.4 Å². The van der Waals surface area contributed by atoms with Crippen LogP contribution in [0.3, 0.4) is 0 Å². The van der Waals surface area contributed by atoms with Gasteiger partial charge in [-0.25, -0.2) is 4.79 Å². The minimum absolute atomic E-state index is 0.0469. The van der Waals surface area contributed by atoms with Crippen LogP contribution in [0.1, 0.15) is 18.4 Å². The summed E-state index contributed by atoms with van der Waals surface area (Å²) in [4.78, 5) is 25.7. The number of nitrogens with one attached hydrogen (secondary N) is 1. The van der Waals surface area contributed by atoms with Gasteiger partial charge in [-0.1, -0.05) is 30.3 Å². The molecular formula is C18H24N2O5. The Hall–Kier alpha value is -2.12. The molecule has 0 atom stereocenters. The van der Waals surface area contributed by atoms with Crippen molar-refractivity contribution in [3.63, 3.8) is 0 Å². The molecule has 2 amide bonds. The van der Waals surface area contributed by atoms with Gasteiger partial charge in [0.2, 0.25) is 5.91 Å². The van der Waals surface area contributed by atoms with Crippen LogP contribution in [0, 0.1) is 5.92 Å². The van der Waals surface area contributed by atoms with Crippen LogP contribution in [-0.2, 0) is 25.6 Å². The molecule has 0 saturated carbocycles. The van der Waals surface area contributed by atoms with Crippen LogP contribution in [0.2, 0.25) is 0 Å². The van der Waals surface area contributed by atoms with Crippen molar-refractivity contribution in [2.75, 3.05) is 32.8 Å². The number of hydrogen-bond acceptors (Lipinski definition) is 5. The quantitative estimate of drug-likeness (QED) is 0.873. The summed E-state index contributed by atoms with van der Waals surface area (Å²) in [5, 5.41) is 2.51. The van der Waals surface area contributed by atoms with E-state index in [-0.39, 0.29) is 25.3 Å². The Bertz CT molecular complexity index is 566. The van der Waals surface area contributed by atoms with Crippen molar-refractivity contribution in [2.24, 2.45) is 5.92 Å². The maximum Gasteiger partial charge on any atom is 0.407 e. The standard InChI is InChI=1S/C18H24N2O5/c21-16(12-19-18(22)25-13-14-4-2-1-3-5-14)20-8-6-15(7-9-20)17-23-10-11-24-17/h1-5,15,17H,6-13H2,(H,19,22). The number of hydrogen-bond donors (Lipinski definition) is 1. The fourth-order valence-electron chi connectivity index (χ4n) is 3.10. The smallest absolute Gasteiger partial charge is 0.407 e. The topological polar surface area (TPSA) is 77.1 Å². The van der Waals surface area contributed by atoms with Gasteiger partial charge >= 0.3 is 6.09 Å². The summed E-state index contributed by atoms with van der Waals surface area (Å²) >= 11 is 0. The highest BCUT2D eigenvalue weighted by molar-refractivity contribution is 5.82. The zero-order valence-corrected chi connectivity index (χ0v) is 14.2. The number of benzene rings is 1. The number of carbonyl (C=O) groups is 2. The van der Waals surface area contributed by atoms with E-state index in [1.165, 1.54) is 0 Å². The van der Waals surface area contributed by atoms with E-state index in [2.05, 4.69) is 5.32 Å². The van der Waals surface area contributed by atoms with Crippen molar-refractivity contribution in [2.45, 2.75) is 25.7 Å². The molecule has 7 nitrogen and oxygen atoms in total. The monoisotopic (exact) mass is 348 g/mol. The van der Waals surface area contributed by atoms with E-state index in [9.17, 15) is 9.59 Å². The van der Waals surface area contributed by atoms with Gasteiger partial charge in [-0.15, -0.1) is 0 Å². The van der Waals surface area contributed by atoms with Gasteiger partial charge in [0.1, 0.15) is 13.2 Å². The molecule has 1 aromatic rings. The van der Waals surface area contributed by atoms with E-state index in [1.807, 2.05) is 30.3 Å². The fraction of sp³-hybridized carbons (Fsp3) is 0.556. The van der Waals surface area contributed by atoms with Crippen molar-refractivity contribution >= 4 is 12.0 Å². The molecule has 1 N–H and O–H groups in total. The second-order valence-electron chi connectivity index (χ2n) is 6.24.